The SMILES string of the molecule is CNc1ccc2c(C(F)(F)F)cc(C)nc2c1. The summed E-state index contributed by atoms with van der Waals surface area (Å²) in [6, 6.07) is 5.73. The second kappa shape index (κ2) is 3.91. The highest BCUT2D eigenvalue weighted by molar-refractivity contribution is 5.86. The van der Waals surface area contributed by atoms with Crippen molar-refractivity contribution in [3.63, 3.8) is 0 Å². The molecule has 90 valence electrons. The predicted octanol–water partition coefficient (Wildman–Crippen LogP) is 3.60. The molecule has 0 aliphatic carbocycles. The zero-order valence-corrected chi connectivity index (χ0v) is 9.39. The summed E-state index contributed by atoms with van der Waals surface area (Å²) >= 11 is 0. The lowest BCUT2D eigenvalue weighted by Crippen LogP contribution is -2.07. The first-order chi connectivity index (χ1) is 7.91. The highest BCUT2D eigenvalue weighted by Gasteiger charge is 2.33. The van der Waals surface area contributed by atoms with Crippen LogP contribution in [0.25, 0.3) is 10.9 Å². The van der Waals surface area contributed by atoms with Crippen LogP contribution in [0.15, 0.2) is 24.3 Å². The van der Waals surface area contributed by atoms with E-state index in [0.29, 0.717) is 11.2 Å². The number of hydrogen-bond acceptors (Lipinski definition) is 2. The number of rotatable bonds is 1. The Labute approximate surface area is 96.5 Å². The summed E-state index contributed by atoms with van der Waals surface area (Å²) in [5.41, 5.74) is 0.814. The van der Waals surface area contributed by atoms with Crippen LogP contribution in [-0.2, 0) is 6.18 Å². The highest BCUT2D eigenvalue weighted by Crippen LogP contribution is 2.35. The standard InChI is InChI=1S/C12H11F3N2/c1-7-5-10(12(13,14)15)9-4-3-8(16-2)6-11(9)17-7/h3-6,16H,1-2H3. The van der Waals surface area contributed by atoms with Crippen molar-refractivity contribution < 1.29 is 13.2 Å². The Balaban J connectivity index is 2.77. The molecule has 0 unspecified atom stereocenters. The molecule has 1 aromatic carbocycles. The highest BCUT2D eigenvalue weighted by atomic mass is 19.4. The Hall–Kier alpha value is -1.78. The molecule has 0 saturated carbocycles. The molecule has 2 aromatic rings. The molecule has 1 heterocycles. The monoisotopic (exact) mass is 240 g/mol. The number of aryl methyl sites for hydroxylation is 1. The van der Waals surface area contributed by atoms with Gasteiger partial charge in [-0.2, -0.15) is 13.2 Å². The minimum atomic E-state index is -4.35. The molecule has 0 fully saturated rings. The number of fused-ring (bicyclic) bond motifs is 1. The van der Waals surface area contributed by atoms with Crippen LogP contribution >= 0.6 is 0 Å². The molecule has 5 heteroatoms. The van der Waals surface area contributed by atoms with Crippen molar-refractivity contribution >= 4 is 16.6 Å². The zero-order chi connectivity index (χ0) is 12.6. The van der Waals surface area contributed by atoms with Gasteiger partial charge < -0.3 is 5.32 Å². The Kier molecular flexibility index (Phi) is 2.69. The van der Waals surface area contributed by atoms with Crippen molar-refractivity contribution in [3.05, 3.63) is 35.5 Å². The molecular formula is C12H11F3N2. The van der Waals surface area contributed by atoms with Crippen LogP contribution in [0.5, 0.6) is 0 Å². The number of alkyl halides is 3. The maximum atomic E-state index is 12.8. The predicted molar refractivity (Wildman–Crippen MR) is 61.0 cm³/mol. The number of aromatic nitrogens is 1. The van der Waals surface area contributed by atoms with E-state index in [0.717, 1.165) is 11.8 Å². The van der Waals surface area contributed by atoms with Crippen molar-refractivity contribution in [2.24, 2.45) is 0 Å². The van der Waals surface area contributed by atoms with E-state index in [9.17, 15) is 13.2 Å². The number of pyridine rings is 1. The van der Waals surface area contributed by atoms with Crippen molar-refractivity contribution in [2.45, 2.75) is 13.1 Å². The van der Waals surface area contributed by atoms with E-state index >= 15 is 0 Å². The molecule has 2 nitrogen and oxygen atoms in total. The molecule has 0 aliphatic heterocycles. The van der Waals surface area contributed by atoms with Crippen molar-refractivity contribution in [2.75, 3.05) is 12.4 Å². The van der Waals surface area contributed by atoms with Crippen LogP contribution in [0.3, 0.4) is 0 Å². The Morgan fingerprint density at radius 2 is 1.88 bits per heavy atom. The van der Waals surface area contributed by atoms with Crippen molar-refractivity contribution in [3.8, 4) is 0 Å². The number of anilines is 1. The van der Waals surface area contributed by atoms with Crippen molar-refractivity contribution in [1.82, 2.24) is 4.98 Å². The summed E-state index contributed by atoms with van der Waals surface area (Å²) in [5.74, 6) is 0. The van der Waals surface area contributed by atoms with Crippen LogP contribution in [0.4, 0.5) is 18.9 Å². The zero-order valence-electron chi connectivity index (χ0n) is 9.39. The third kappa shape index (κ3) is 2.18. The maximum absolute atomic E-state index is 12.8. The molecule has 1 aromatic heterocycles. The van der Waals surface area contributed by atoms with Gasteiger partial charge in [-0.1, -0.05) is 6.07 Å². The van der Waals surface area contributed by atoms with Crippen LogP contribution in [0, 0.1) is 6.92 Å². The molecule has 0 spiro atoms. The van der Waals surface area contributed by atoms with Gasteiger partial charge in [-0.25, -0.2) is 0 Å². The van der Waals surface area contributed by atoms with Crippen LogP contribution in [-0.4, -0.2) is 12.0 Å². The molecule has 0 bridgehead atoms. The van der Waals surface area contributed by atoms with Gasteiger partial charge in [0.1, 0.15) is 0 Å². The smallest absolute Gasteiger partial charge is 0.388 e. The fourth-order valence-corrected chi connectivity index (χ4v) is 1.75. The first kappa shape index (κ1) is 11.7. The van der Waals surface area contributed by atoms with Gasteiger partial charge in [0.25, 0.3) is 0 Å². The third-order valence-corrected chi connectivity index (χ3v) is 2.53. The Morgan fingerprint density at radius 1 is 1.18 bits per heavy atom. The largest absolute Gasteiger partial charge is 0.417 e. The molecule has 1 N–H and O–H groups in total. The average Bonchev–Trinajstić information content (AvgIpc) is 2.25. The van der Waals surface area contributed by atoms with Crippen LogP contribution in [0.2, 0.25) is 0 Å². The van der Waals surface area contributed by atoms with Crippen molar-refractivity contribution in [1.29, 1.82) is 0 Å². The summed E-state index contributed by atoms with van der Waals surface area (Å²) in [5, 5.41) is 3.00. The van der Waals surface area contributed by atoms with E-state index in [4.69, 9.17) is 0 Å². The van der Waals surface area contributed by atoms with Crippen LogP contribution < -0.4 is 5.32 Å². The molecular weight excluding hydrogens is 229 g/mol. The molecule has 0 amide bonds. The molecule has 0 radical (unpaired) electrons. The van der Waals surface area contributed by atoms with E-state index in [1.54, 1.807) is 26.1 Å². The first-order valence-electron chi connectivity index (χ1n) is 5.08. The first-order valence-corrected chi connectivity index (χ1v) is 5.08. The van der Waals surface area contributed by atoms with Gasteiger partial charge in [-0.15, -0.1) is 0 Å². The minimum absolute atomic E-state index is 0.127. The summed E-state index contributed by atoms with van der Waals surface area (Å²) < 4.78 is 38.5. The van der Waals surface area contributed by atoms with Gasteiger partial charge in [-0.3, -0.25) is 4.98 Å². The van der Waals surface area contributed by atoms with E-state index in [1.807, 2.05) is 0 Å². The second-order valence-electron chi connectivity index (χ2n) is 3.79. The summed E-state index contributed by atoms with van der Waals surface area (Å²) in [7, 11) is 1.71. The van der Waals surface area contributed by atoms with Gasteiger partial charge in [-0.05, 0) is 25.1 Å². The summed E-state index contributed by atoms with van der Waals surface area (Å²) in [6.45, 7) is 1.56. The summed E-state index contributed by atoms with van der Waals surface area (Å²) in [4.78, 5) is 4.12. The van der Waals surface area contributed by atoms with E-state index in [1.165, 1.54) is 6.07 Å². The molecule has 0 saturated heterocycles. The lowest BCUT2D eigenvalue weighted by molar-refractivity contribution is -0.136. The van der Waals surface area contributed by atoms with Gasteiger partial charge >= 0.3 is 6.18 Å². The number of hydrogen-bond donors (Lipinski definition) is 1. The molecule has 17 heavy (non-hydrogen) atoms. The van der Waals surface area contributed by atoms with Crippen LogP contribution in [0.1, 0.15) is 11.3 Å². The fourth-order valence-electron chi connectivity index (χ4n) is 1.75. The second-order valence-corrected chi connectivity index (χ2v) is 3.79. The quantitative estimate of drug-likeness (QED) is 0.823. The average molecular weight is 240 g/mol. The topological polar surface area (TPSA) is 24.9 Å². The number of benzene rings is 1. The normalized spacial score (nSPS) is 11.8. The van der Waals surface area contributed by atoms with E-state index in [2.05, 4.69) is 10.3 Å². The number of nitrogens with zero attached hydrogens (tertiary/aromatic N) is 1. The Bertz CT molecular complexity index is 561. The minimum Gasteiger partial charge on any atom is -0.388 e. The van der Waals surface area contributed by atoms with Gasteiger partial charge in [0.2, 0.25) is 0 Å². The fraction of sp³-hybridized carbons (Fsp3) is 0.250. The lowest BCUT2D eigenvalue weighted by atomic mass is 10.1. The molecule has 0 atom stereocenters. The summed E-state index contributed by atoms with van der Waals surface area (Å²) in [6.07, 6.45) is -4.35. The lowest BCUT2D eigenvalue weighted by Gasteiger charge is -2.12. The van der Waals surface area contributed by atoms with E-state index in [-0.39, 0.29) is 5.39 Å². The number of halogens is 3. The third-order valence-electron chi connectivity index (χ3n) is 2.53. The van der Waals surface area contributed by atoms with Gasteiger partial charge in [0.15, 0.2) is 0 Å². The van der Waals surface area contributed by atoms with E-state index < -0.39 is 11.7 Å². The van der Waals surface area contributed by atoms with Gasteiger partial charge in [0, 0.05) is 23.8 Å². The number of nitrogens with one attached hydrogen (secondary N) is 1. The van der Waals surface area contributed by atoms with Gasteiger partial charge in [0.05, 0.1) is 11.1 Å². The maximum Gasteiger partial charge on any atom is 0.417 e. The molecule has 2 rings (SSSR count). The molecule has 0 aliphatic rings. The Morgan fingerprint density at radius 3 is 2.47 bits per heavy atom.